The molecule has 0 radical (unpaired) electrons. The summed E-state index contributed by atoms with van der Waals surface area (Å²) in [6.45, 7) is 2.30. The van der Waals surface area contributed by atoms with Crippen LogP contribution in [0.2, 0.25) is 0 Å². The van der Waals surface area contributed by atoms with E-state index >= 15 is 0 Å². The van der Waals surface area contributed by atoms with Gasteiger partial charge in [-0.05, 0) is 67.4 Å². The molecule has 3 saturated carbocycles. The Labute approximate surface area is 175 Å². The number of carbonyl (C=O) groups is 1. The van der Waals surface area contributed by atoms with Crippen LogP contribution in [0.1, 0.15) is 89.0 Å². The van der Waals surface area contributed by atoms with Crippen LogP contribution in [0, 0.1) is 23.2 Å². The first kappa shape index (κ1) is 20.5. The van der Waals surface area contributed by atoms with Crippen LogP contribution >= 0.6 is 0 Å². The molecule has 3 aliphatic carbocycles. The molecular formula is C25H35N3O. The summed E-state index contributed by atoms with van der Waals surface area (Å²) >= 11 is 0. The van der Waals surface area contributed by atoms with Gasteiger partial charge in [0.2, 0.25) is 0 Å². The van der Waals surface area contributed by atoms with Crippen molar-refractivity contribution < 1.29 is 4.79 Å². The molecule has 3 fully saturated rings. The molecule has 4 heteroatoms. The zero-order chi connectivity index (χ0) is 20.3. The smallest absolute Gasteiger partial charge is 0.140 e. The third-order valence-electron chi connectivity index (χ3n) is 8.47. The van der Waals surface area contributed by atoms with E-state index in [1.54, 1.807) is 0 Å². The Bertz CT molecular complexity index is 739. The monoisotopic (exact) mass is 393 g/mol. The third kappa shape index (κ3) is 3.97. The van der Waals surface area contributed by atoms with E-state index in [1.807, 2.05) is 18.2 Å². The van der Waals surface area contributed by atoms with E-state index < -0.39 is 0 Å². The van der Waals surface area contributed by atoms with Gasteiger partial charge >= 0.3 is 0 Å². The van der Waals surface area contributed by atoms with E-state index in [9.17, 15) is 4.79 Å². The van der Waals surface area contributed by atoms with Gasteiger partial charge in [0.05, 0.1) is 6.04 Å². The largest absolute Gasteiger partial charge is 0.299 e. The molecule has 1 spiro atoms. The maximum atomic E-state index is 13.2. The van der Waals surface area contributed by atoms with Gasteiger partial charge in [0, 0.05) is 22.7 Å². The fourth-order valence-electron chi connectivity index (χ4n) is 7.00. The molecule has 0 aliphatic heterocycles. The van der Waals surface area contributed by atoms with Gasteiger partial charge in [-0.2, -0.15) is 0 Å². The van der Waals surface area contributed by atoms with Gasteiger partial charge in [-0.15, -0.1) is 0 Å². The number of rotatable bonds is 5. The third-order valence-corrected chi connectivity index (χ3v) is 8.47. The van der Waals surface area contributed by atoms with Gasteiger partial charge in [-0.1, -0.05) is 68.1 Å². The Kier molecular flexibility index (Phi) is 6.29. The highest BCUT2D eigenvalue weighted by Crippen LogP contribution is 2.58. The van der Waals surface area contributed by atoms with Crippen molar-refractivity contribution in [2.24, 2.45) is 28.3 Å². The highest BCUT2D eigenvalue weighted by Gasteiger charge is 2.56. The summed E-state index contributed by atoms with van der Waals surface area (Å²) in [7, 11) is 0. The normalized spacial score (nSPS) is 37.4. The molecule has 156 valence electrons. The van der Waals surface area contributed by atoms with E-state index in [0.29, 0.717) is 12.2 Å². The molecule has 3 aliphatic rings. The lowest BCUT2D eigenvalue weighted by Crippen LogP contribution is -2.39. The topological polar surface area (TPSA) is 65.8 Å². The van der Waals surface area contributed by atoms with Gasteiger partial charge in [-0.3, -0.25) is 4.79 Å². The minimum absolute atomic E-state index is 0.0494. The Morgan fingerprint density at radius 3 is 2.31 bits per heavy atom. The maximum absolute atomic E-state index is 13.2. The van der Waals surface area contributed by atoms with Crippen molar-refractivity contribution in [3.05, 3.63) is 46.3 Å². The number of hydrogen-bond acceptors (Lipinski definition) is 2. The first-order chi connectivity index (χ1) is 14.2. The molecule has 0 N–H and O–H groups in total. The maximum Gasteiger partial charge on any atom is 0.140 e. The van der Waals surface area contributed by atoms with Crippen molar-refractivity contribution in [2.45, 2.75) is 89.5 Å². The summed E-state index contributed by atoms with van der Waals surface area (Å²) in [5, 5.41) is 4.08. The Morgan fingerprint density at radius 1 is 1.03 bits per heavy atom. The zero-order valence-corrected chi connectivity index (χ0v) is 17.8. The van der Waals surface area contributed by atoms with Crippen LogP contribution in [0.3, 0.4) is 0 Å². The number of Topliss-reactive ketones (excluding diaryl/α,β-unsaturated/α-hetero) is 1. The van der Waals surface area contributed by atoms with Crippen LogP contribution in [0.15, 0.2) is 35.4 Å². The molecule has 1 aromatic carbocycles. The lowest BCUT2D eigenvalue weighted by molar-refractivity contribution is -0.128. The van der Waals surface area contributed by atoms with Crippen LogP contribution in [0.25, 0.3) is 10.4 Å². The quantitative estimate of drug-likeness (QED) is 0.296. The highest BCUT2D eigenvalue weighted by atomic mass is 16.1. The average molecular weight is 394 g/mol. The Morgan fingerprint density at radius 2 is 1.69 bits per heavy atom. The molecule has 0 aromatic heterocycles. The summed E-state index contributed by atoms with van der Waals surface area (Å²) in [5.41, 5.74) is 9.95. The van der Waals surface area contributed by atoms with E-state index in [1.165, 1.54) is 56.9 Å². The van der Waals surface area contributed by atoms with Crippen LogP contribution in [-0.2, 0) is 4.79 Å². The predicted octanol–water partition coefficient (Wildman–Crippen LogP) is 7.21. The molecule has 4 rings (SSSR count). The van der Waals surface area contributed by atoms with Gasteiger partial charge in [0.1, 0.15) is 5.78 Å². The standard InChI is InChI=1S/C25H35N3O/c1-2-6-18-9-11-19(12-10-18)20-13-15-25(16-14-20)23(29)17-22(27-28-26)24(25)21-7-4-3-5-8-21/h3-5,7-8,18-20,22,24H,2,6,9-17H2,1H3. The second-order valence-electron chi connectivity index (χ2n) is 9.85. The highest BCUT2D eigenvalue weighted by molar-refractivity contribution is 5.89. The fourth-order valence-corrected chi connectivity index (χ4v) is 7.00. The molecule has 0 bridgehead atoms. The lowest BCUT2D eigenvalue weighted by atomic mass is 9.59. The first-order valence-corrected chi connectivity index (χ1v) is 11.8. The zero-order valence-electron chi connectivity index (χ0n) is 17.8. The Hall–Kier alpha value is -1.80. The SMILES string of the molecule is CCCC1CCC(C2CCC3(CC2)C(=O)CC(N=[N+]=[N-])C3c2ccccc2)CC1. The summed E-state index contributed by atoms with van der Waals surface area (Å²) in [6, 6.07) is 10.1. The molecule has 2 atom stereocenters. The van der Waals surface area contributed by atoms with Crippen molar-refractivity contribution in [1.82, 2.24) is 0 Å². The summed E-state index contributed by atoms with van der Waals surface area (Å²) in [6.07, 6.45) is 13.0. The van der Waals surface area contributed by atoms with Crippen molar-refractivity contribution in [3.63, 3.8) is 0 Å². The van der Waals surface area contributed by atoms with Gasteiger partial charge in [0.15, 0.2) is 0 Å². The number of carbonyl (C=O) groups excluding carboxylic acids is 1. The van der Waals surface area contributed by atoms with Crippen LogP contribution in [0.5, 0.6) is 0 Å². The molecule has 4 nitrogen and oxygen atoms in total. The first-order valence-electron chi connectivity index (χ1n) is 11.8. The molecule has 0 amide bonds. The predicted molar refractivity (Wildman–Crippen MR) is 116 cm³/mol. The number of hydrogen-bond donors (Lipinski definition) is 0. The molecule has 1 aromatic rings. The number of azide groups is 1. The number of nitrogens with zero attached hydrogens (tertiary/aromatic N) is 3. The fraction of sp³-hybridized carbons (Fsp3) is 0.720. The number of ketones is 1. The Balaban J connectivity index is 1.48. The average Bonchev–Trinajstić information content (AvgIpc) is 3.01. The minimum Gasteiger partial charge on any atom is -0.299 e. The second-order valence-corrected chi connectivity index (χ2v) is 9.85. The van der Waals surface area contributed by atoms with Crippen molar-refractivity contribution in [2.75, 3.05) is 0 Å². The molecule has 2 unspecified atom stereocenters. The number of benzene rings is 1. The van der Waals surface area contributed by atoms with E-state index in [2.05, 4.69) is 29.1 Å². The van der Waals surface area contributed by atoms with E-state index in [-0.39, 0.29) is 17.4 Å². The molecule has 0 heterocycles. The minimum atomic E-state index is -0.309. The van der Waals surface area contributed by atoms with Crippen molar-refractivity contribution in [3.8, 4) is 0 Å². The lowest BCUT2D eigenvalue weighted by Gasteiger charge is -2.44. The molecular weight excluding hydrogens is 358 g/mol. The summed E-state index contributed by atoms with van der Waals surface area (Å²) < 4.78 is 0. The van der Waals surface area contributed by atoms with Gasteiger partial charge in [-0.25, -0.2) is 0 Å². The molecule has 29 heavy (non-hydrogen) atoms. The summed E-state index contributed by atoms with van der Waals surface area (Å²) in [4.78, 5) is 16.3. The van der Waals surface area contributed by atoms with Crippen molar-refractivity contribution in [1.29, 1.82) is 0 Å². The van der Waals surface area contributed by atoms with Crippen molar-refractivity contribution >= 4 is 5.78 Å². The second kappa shape index (κ2) is 8.92. The van der Waals surface area contributed by atoms with Crippen LogP contribution < -0.4 is 0 Å². The summed E-state index contributed by atoms with van der Waals surface area (Å²) in [5.74, 6) is 2.99. The van der Waals surface area contributed by atoms with Gasteiger partial charge in [0.25, 0.3) is 0 Å². The van der Waals surface area contributed by atoms with Crippen LogP contribution in [-0.4, -0.2) is 11.8 Å². The molecule has 0 saturated heterocycles. The van der Waals surface area contributed by atoms with Gasteiger partial charge < -0.3 is 0 Å². The van der Waals surface area contributed by atoms with E-state index in [0.717, 1.165) is 30.6 Å². The van der Waals surface area contributed by atoms with E-state index in [4.69, 9.17) is 5.53 Å². The van der Waals surface area contributed by atoms with Crippen LogP contribution in [0.4, 0.5) is 0 Å².